The fourth-order valence-electron chi connectivity index (χ4n) is 1.49. The van der Waals surface area contributed by atoms with Gasteiger partial charge in [-0.15, -0.1) is 0 Å². The second kappa shape index (κ2) is 5.04. The number of rotatable bonds is 2. The largest absolute Gasteiger partial charge is 0.264 e. The summed E-state index contributed by atoms with van der Waals surface area (Å²) in [5, 5.41) is 8.97. The van der Waals surface area contributed by atoms with E-state index in [1.165, 1.54) is 0 Å². The number of pyridine rings is 1. The van der Waals surface area contributed by atoms with Crippen LogP contribution in [0.25, 0.3) is 0 Å². The van der Waals surface area contributed by atoms with Gasteiger partial charge in [0.25, 0.3) is 0 Å². The molecule has 82 valence electrons. The molecule has 3 heteroatoms. The maximum Gasteiger partial charge on any atom is 0.101 e. The van der Waals surface area contributed by atoms with Crippen LogP contribution in [0.4, 0.5) is 5.69 Å². The van der Waals surface area contributed by atoms with Gasteiger partial charge in [0.2, 0.25) is 0 Å². The predicted octanol–water partition coefficient (Wildman–Crippen LogP) is 3.09. The molecule has 1 aromatic carbocycles. The summed E-state index contributed by atoms with van der Waals surface area (Å²) in [4.78, 5) is 8.50. The van der Waals surface area contributed by atoms with E-state index in [0.717, 1.165) is 11.3 Å². The Labute approximate surface area is 100 Å². The lowest BCUT2D eigenvalue weighted by molar-refractivity contribution is 1.31. The van der Waals surface area contributed by atoms with Gasteiger partial charge in [0.15, 0.2) is 0 Å². The highest BCUT2D eigenvalue weighted by atomic mass is 14.8. The zero-order valence-electron chi connectivity index (χ0n) is 9.46. The molecule has 1 heterocycles. The van der Waals surface area contributed by atoms with Gasteiger partial charge >= 0.3 is 0 Å². The van der Waals surface area contributed by atoms with Gasteiger partial charge < -0.3 is 0 Å². The normalized spacial score (nSPS) is 10.9. The first-order valence-electron chi connectivity index (χ1n) is 5.26. The predicted molar refractivity (Wildman–Crippen MR) is 67.3 cm³/mol. The maximum atomic E-state index is 8.97. The van der Waals surface area contributed by atoms with Crippen LogP contribution in [0.5, 0.6) is 0 Å². The van der Waals surface area contributed by atoms with E-state index in [2.05, 4.69) is 16.0 Å². The van der Waals surface area contributed by atoms with Gasteiger partial charge in [-0.3, -0.25) is 9.98 Å². The summed E-state index contributed by atoms with van der Waals surface area (Å²) in [6, 6.07) is 13.2. The van der Waals surface area contributed by atoms with Crippen LogP contribution >= 0.6 is 0 Å². The van der Waals surface area contributed by atoms with Crippen LogP contribution < -0.4 is 0 Å². The van der Waals surface area contributed by atoms with Crippen molar-refractivity contribution in [2.75, 3.05) is 0 Å². The Morgan fingerprint density at radius 3 is 2.76 bits per heavy atom. The van der Waals surface area contributed by atoms with Gasteiger partial charge in [0.1, 0.15) is 6.07 Å². The quantitative estimate of drug-likeness (QED) is 0.731. The fraction of sp³-hybridized carbons (Fsp3) is 0.0714. The van der Waals surface area contributed by atoms with Crippen LogP contribution in [0, 0.1) is 11.3 Å². The van der Waals surface area contributed by atoms with Crippen molar-refractivity contribution in [2.45, 2.75) is 6.92 Å². The van der Waals surface area contributed by atoms with Crippen molar-refractivity contribution in [1.29, 1.82) is 5.26 Å². The molecule has 0 N–H and O–H groups in total. The number of nitriles is 1. The number of hydrogen-bond donors (Lipinski definition) is 0. The zero-order chi connectivity index (χ0) is 12.1. The maximum absolute atomic E-state index is 8.97. The molecule has 17 heavy (non-hydrogen) atoms. The number of benzene rings is 1. The van der Waals surface area contributed by atoms with E-state index in [1.54, 1.807) is 18.5 Å². The first-order valence-corrected chi connectivity index (χ1v) is 5.26. The molecule has 0 atom stereocenters. The molecular weight excluding hydrogens is 210 g/mol. The first-order chi connectivity index (χ1) is 8.31. The molecule has 0 fully saturated rings. The minimum Gasteiger partial charge on any atom is -0.264 e. The second-order valence-electron chi connectivity index (χ2n) is 3.57. The molecule has 0 radical (unpaired) electrons. The number of hydrogen-bond acceptors (Lipinski definition) is 3. The monoisotopic (exact) mass is 221 g/mol. The summed E-state index contributed by atoms with van der Waals surface area (Å²) in [6.07, 6.45) is 3.48. The highest BCUT2D eigenvalue weighted by molar-refractivity contribution is 6.00. The van der Waals surface area contributed by atoms with Crippen LogP contribution in [-0.2, 0) is 0 Å². The summed E-state index contributed by atoms with van der Waals surface area (Å²) < 4.78 is 0. The SMILES string of the molecule is CC(=Nc1ccccc1C#N)c1cccnc1. The molecule has 0 aliphatic carbocycles. The summed E-state index contributed by atoms with van der Waals surface area (Å²) in [7, 11) is 0. The minimum atomic E-state index is 0.579. The van der Waals surface area contributed by atoms with Crippen molar-refractivity contribution in [3.63, 3.8) is 0 Å². The topological polar surface area (TPSA) is 49.0 Å². The van der Waals surface area contributed by atoms with Gasteiger partial charge in [-0.05, 0) is 25.1 Å². The summed E-state index contributed by atoms with van der Waals surface area (Å²) in [6.45, 7) is 1.91. The molecular formula is C14H11N3. The standard InChI is InChI=1S/C14H11N3/c1-11(13-6-4-8-16-10-13)17-14-7-3-2-5-12(14)9-15/h2-8,10H,1H3. The zero-order valence-corrected chi connectivity index (χ0v) is 9.46. The van der Waals surface area contributed by atoms with E-state index in [9.17, 15) is 0 Å². The molecule has 0 aliphatic heterocycles. The molecule has 1 aromatic heterocycles. The van der Waals surface area contributed by atoms with Gasteiger partial charge in [0.05, 0.1) is 11.3 Å². The lowest BCUT2D eigenvalue weighted by atomic mass is 10.1. The lowest BCUT2D eigenvalue weighted by Crippen LogP contribution is -1.94. The van der Waals surface area contributed by atoms with E-state index in [4.69, 9.17) is 5.26 Å². The molecule has 0 spiro atoms. The highest BCUT2D eigenvalue weighted by Crippen LogP contribution is 2.18. The van der Waals surface area contributed by atoms with Gasteiger partial charge in [-0.2, -0.15) is 5.26 Å². The molecule has 0 bridgehead atoms. The molecule has 0 aliphatic rings. The first kappa shape index (κ1) is 11.0. The van der Waals surface area contributed by atoms with Crippen molar-refractivity contribution >= 4 is 11.4 Å². The van der Waals surface area contributed by atoms with Gasteiger partial charge in [-0.1, -0.05) is 18.2 Å². The third-order valence-electron chi connectivity index (χ3n) is 2.39. The van der Waals surface area contributed by atoms with E-state index in [1.807, 2.05) is 37.3 Å². The Hall–Kier alpha value is -2.47. The smallest absolute Gasteiger partial charge is 0.101 e. The third kappa shape index (κ3) is 2.56. The molecule has 3 nitrogen and oxygen atoms in total. The van der Waals surface area contributed by atoms with Crippen molar-refractivity contribution < 1.29 is 0 Å². The van der Waals surface area contributed by atoms with Crippen molar-refractivity contribution in [1.82, 2.24) is 4.98 Å². The van der Waals surface area contributed by atoms with Crippen molar-refractivity contribution in [3.8, 4) is 6.07 Å². The average molecular weight is 221 g/mol. The molecule has 0 amide bonds. The molecule has 2 rings (SSSR count). The molecule has 0 saturated heterocycles. The molecule has 0 saturated carbocycles. The van der Waals surface area contributed by atoms with E-state index < -0.39 is 0 Å². The summed E-state index contributed by atoms with van der Waals surface area (Å²) >= 11 is 0. The second-order valence-corrected chi connectivity index (χ2v) is 3.57. The van der Waals surface area contributed by atoms with Gasteiger partial charge in [0, 0.05) is 23.7 Å². The Bertz CT molecular complexity index is 580. The van der Waals surface area contributed by atoms with E-state index in [0.29, 0.717) is 11.3 Å². The number of aromatic nitrogens is 1. The highest BCUT2D eigenvalue weighted by Gasteiger charge is 2.01. The van der Waals surface area contributed by atoms with Gasteiger partial charge in [-0.25, -0.2) is 0 Å². The molecule has 0 unspecified atom stereocenters. The summed E-state index contributed by atoms with van der Waals surface area (Å²) in [5.74, 6) is 0. The van der Waals surface area contributed by atoms with Crippen LogP contribution in [-0.4, -0.2) is 10.7 Å². The minimum absolute atomic E-state index is 0.579. The molecule has 2 aromatic rings. The average Bonchev–Trinajstić information content (AvgIpc) is 2.40. The van der Waals surface area contributed by atoms with E-state index >= 15 is 0 Å². The lowest BCUT2D eigenvalue weighted by Gasteiger charge is -2.01. The van der Waals surface area contributed by atoms with Crippen LogP contribution in [0.3, 0.4) is 0 Å². The van der Waals surface area contributed by atoms with Crippen LogP contribution in [0.2, 0.25) is 0 Å². The third-order valence-corrected chi connectivity index (χ3v) is 2.39. The Kier molecular flexibility index (Phi) is 3.27. The van der Waals surface area contributed by atoms with Crippen molar-refractivity contribution in [3.05, 3.63) is 59.9 Å². The number of para-hydroxylation sites is 1. The Morgan fingerprint density at radius 2 is 2.06 bits per heavy atom. The van der Waals surface area contributed by atoms with Crippen LogP contribution in [0.15, 0.2) is 53.8 Å². The Morgan fingerprint density at radius 1 is 1.24 bits per heavy atom. The van der Waals surface area contributed by atoms with Crippen LogP contribution in [0.1, 0.15) is 18.1 Å². The fourth-order valence-corrected chi connectivity index (χ4v) is 1.49. The van der Waals surface area contributed by atoms with E-state index in [-0.39, 0.29) is 0 Å². The summed E-state index contributed by atoms with van der Waals surface area (Å²) in [5.41, 5.74) is 3.08. The van der Waals surface area contributed by atoms with Crippen molar-refractivity contribution in [2.24, 2.45) is 4.99 Å². The number of aliphatic imine (C=N–C) groups is 1. The Balaban J connectivity index is 2.41. The number of nitrogens with zero attached hydrogens (tertiary/aromatic N) is 3.